The molecule has 1 aliphatic rings. The molecule has 0 saturated heterocycles. The summed E-state index contributed by atoms with van der Waals surface area (Å²) in [6.45, 7) is 3.53. The van der Waals surface area contributed by atoms with Crippen LogP contribution in [0.5, 0.6) is 5.75 Å². The van der Waals surface area contributed by atoms with Gasteiger partial charge in [0.05, 0.1) is 5.56 Å². The van der Waals surface area contributed by atoms with Crippen molar-refractivity contribution >= 4 is 0 Å². The quantitative estimate of drug-likeness (QED) is 0.361. The van der Waals surface area contributed by atoms with Gasteiger partial charge < -0.3 is 4.74 Å². The zero-order valence-corrected chi connectivity index (χ0v) is 18.2. The fourth-order valence-corrected chi connectivity index (χ4v) is 4.29. The first-order valence-electron chi connectivity index (χ1n) is 11.0. The summed E-state index contributed by atoms with van der Waals surface area (Å²) in [4.78, 5) is 0. The van der Waals surface area contributed by atoms with E-state index in [0.717, 1.165) is 29.2 Å². The summed E-state index contributed by atoms with van der Waals surface area (Å²) >= 11 is 0. The summed E-state index contributed by atoms with van der Waals surface area (Å²) in [5.74, 6) is -1.04. The van der Waals surface area contributed by atoms with Gasteiger partial charge in [-0.15, -0.1) is 0 Å². The number of benzene rings is 3. The van der Waals surface area contributed by atoms with Crippen molar-refractivity contribution in [2.24, 2.45) is 5.92 Å². The third-order valence-electron chi connectivity index (χ3n) is 6.45. The molecule has 1 nitrogen and oxygen atoms in total. The lowest BCUT2D eigenvalue weighted by atomic mass is 9.79. The van der Waals surface area contributed by atoms with Gasteiger partial charge in [-0.3, -0.25) is 0 Å². The zero-order chi connectivity index (χ0) is 22.9. The van der Waals surface area contributed by atoms with Gasteiger partial charge in [0.25, 0.3) is 0 Å². The summed E-state index contributed by atoms with van der Waals surface area (Å²) in [5, 5.41) is 0. The van der Waals surface area contributed by atoms with E-state index in [4.69, 9.17) is 0 Å². The minimum Gasteiger partial charge on any atom is -0.429 e. The minimum atomic E-state index is -3.73. The van der Waals surface area contributed by atoms with E-state index in [1.165, 1.54) is 50.3 Å². The molecule has 0 spiro atoms. The molecule has 3 aromatic carbocycles. The number of ether oxygens (including phenoxy) is 1. The van der Waals surface area contributed by atoms with E-state index in [2.05, 4.69) is 23.8 Å². The Morgan fingerprint density at radius 3 is 1.81 bits per heavy atom. The van der Waals surface area contributed by atoms with Crippen LogP contribution in [0.3, 0.4) is 0 Å². The van der Waals surface area contributed by atoms with E-state index < -0.39 is 29.1 Å². The number of hydrogen-bond acceptors (Lipinski definition) is 1. The number of hydrogen-bond donors (Lipinski definition) is 0. The molecule has 0 atom stereocenters. The van der Waals surface area contributed by atoms with Crippen LogP contribution in [-0.4, -0.2) is 0 Å². The van der Waals surface area contributed by atoms with Gasteiger partial charge in [0.1, 0.15) is 17.4 Å². The Kier molecular flexibility index (Phi) is 6.27. The first-order chi connectivity index (χ1) is 15.2. The molecule has 0 amide bonds. The zero-order valence-electron chi connectivity index (χ0n) is 18.2. The van der Waals surface area contributed by atoms with Gasteiger partial charge in [-0.05, 0) is 60.4 Å². The predicted molar refractivity (Wildman–Crippen MR) is 118 cm³/mol. The maximum atomic E-state index is 14.6. The minimum absolute atomic E-state index is 0.242. The first kappa shape index (κ1) is 22.4. The van der Waals surface area contributed by atoms with Crippen LogP contribution >= 0.6 is 0 Å². The normalized spacial score (nSPS) is 19.1. The Morgan fingerprint density at radius 1 is 0.781 bits per heavy atom. The average molecular weight is 442 g/mol. The van der Waals surface area contributed by atoms with E-state index in [0.29, 0.717) is 5.92 Å². The second-order valence-corrected chi connectivity index (χ2v) is 8.79. The van der Waals surface area contributed by atoms with Gasteiger partial charge in [0.2, 0.25) is 0 Å². The molecule has 0 aliphatic heterocycles. The van der Waals surface area contributed by atoms with E-state index in [-0.39, 0.29) is 5.56 Å². The molecule has 0 bridgehead atoms. The second kappa shape index (κ2) is 8.97. The van der Waals surface area contributed by atoms with Crippen LogP contribution in [-0.2, 0) is 6.11 Å². The maximum absolute atomic E-state index is 14.6. The fraction of sp³-hybridized carbons (Fsp3) is 0.333. The lowest BCUT2D eigenvalue weighted by molar-refractivity contribution is -0.185. The molecule has 0 heterocycles. The maximum Gasteiger partial charge on any atom is 0.426 e. The second-order valence-electron chi connectivity index (χ2n) is 8.79. The Labute approximate surface area is 186 Å². The molecule has 0 aromatic heterocycles. The van der Waals surface area contributed by atoms with Crippen molar-refractivity contribution in [3.63, 3.8) is 0 Å². The summed E-state index contributed by atoms with van der Waals surface area (Å²) in [6, 6.07) is 15.6. The van der Waals surface area contributed by atoms with Crippen LogP contribution < -0.4 is 4.74 Å². The van der Waals surface area contributed by atoms with Crippen LogP contribution in [0.1, 0.15) is 55.2 Å². The molecular weight excluding hydrogens is 416 g/mol. The van der Waals surface area contributed by atoms with E-state index in [1.54, 1.807) is 12.1 Å². The summed E-state index contributed by atoms with van der Waals surface area (Å²) in [7, 11) is 0. The number of halogens is 4. The highest BCUT2D eigenvalue weighted by molar-refractivity contribution is 5.64. The predicted octanol–water partition coefficient (Wildman–Crippen LogP) is 8.36. The summed E-state index contributed by atoms with van der Waals surface area (Å²) in [5.41, 5.74) is 2.44. The largest absolute Gasteiger partial charge is 0.429 e. The van der Waals surface area contributed by atoms with E-state index in [9.17, 15) is 17.6 Å². The molecule has 0 N–H and O–H groups in total. The van der Waals surface area contributed by atoms with Crippen molar-refractivity contribution in [3.8, 4) is 16.9 Å². The van der Waals surface area contributed by atoms with Crippen molar-refractivity contribution < 1.29 is 22.3 Å². The third-order valence-corrected chi connectivity index (χ3v) is 6.45. The van der Waals surface area contributed by atoms with Gasteiger partial charge in [-0.2, -0.15) is 8.78 Å². The lowest BCUT2D eigenvalue weighted by Crippen LogP contribution is -2.22. The number of alkyl halides is 2. The van der Waals surface area contributed by atoms with Crippen molar-refractivity contribution in [1.82, 2.24) is 0 Å². The van der Waals surface area contributed by atoms with Gasteiger partial charge in [-0.25, -0.2) is 8.78 Å². The SMILES string of the molecule is Cc1c(F)cc(OC(F)(F)c2ccc(-c3ccc(C4CCC(C)CC4)cc3)cc2)cc1F. The fourth-order valence-electron chi connectivity index (χ4n) is 4.29. The molecule has 5 heteroatoms. The topological polar surface area (TPSA) is 9.23 Å². The van der Waals surface area contributed by atoms with E-state index in [1.807, 2.05) is 12.1 Å². The number of rotatable bonds is 5. The molecule has 4 rings (SSSR count). The first-order valence-corrected chi connectivity index (χ1v) is 11.0. The van der Waals surface area contributed by atoms with Crippen LogP contribution in [0.15, 0.2) is 60.7 Å². The Hall–Kier alpha value is -2.82. The summed E-state index contributed by atoms with van der Waals surface area (Å²) in [6.07, 6.45) is 1.20. The van der Waals surface area contributed by atoms with Crippen molar-refractivity contribution in [2.45, 2.75) is 51.6 Å². The van der Waals surface area contributed by atoms with Crippen molar-refractivity contribution in [1.29, 1.82) is 0 Å². The third kappa shape index (κ3) is 4.82. The highest BCUT2D eigenvalue weighted by Crippen LogP contribution is 2.37. The van der Waals surface area contributed by atoms with Crippen molar-refractivity contribution in [2.75, 3.05) is 0 Å². The van der Waals surface area contributed by atoms with Crippen LogP contribution in [0, 0.1) is 24.5 Å². The smallest absolute Gasteiger partial charge is 0.426 e. The standard InChI is InChI=1S/C27H26F4O/c1-17-3-5-19(6-4-17)20-7-9-21(10-8-20)22-11-13-23(14-12-22)27(30,31)32-24-15-25(28)18(2)26(29)16-24/h7-17,19H,3-6H2,1-2H3. The molecule has 0 radical (unpaired) electrons. The Morgan fingerprint density at radius 2 is 1.28 bits per heavy atom. The molecule has 32 heavy (non-hydrogen) atoms. The van der Waals surface area contributed by atoms with Crippen LogP contribution in [0.2, 0.25) is 0 Å². The lowest BCUT2D eigenvalue weighted by Gasteiger charge is -2.26. The van der Waals surface area contributed by atoms with Gasteiger partial charge in [0, 0.05) is 17.7 Å². The van der Waals surface area contributed by atoms with Gasteiger partial charge in [0.15, 0.2) is 0 Å². The van der Waals surface area contributed by atoms with Crippen LogP contribution in [0.4, 0.5) is 17.6 Å². The average Bonchev–Trinajstić information content (AvgIpc) is 2.78. The highest BCUT2D eigenvalue weighted by atomic mass is 19.3. The molecule has 3 aromatic rings. The highest BCUT2D eigenvalue weighted by Gasteiger charge is 2.35. The molecular formula is C27H26F4O. The van der Waals surface area contributed by atoms with Gasteiger partial charge >= 0.3 is 6.11 Å². The monoisotopic (exact) mass is 442 g/mol. The van der Waals surface area contributed by atoms with Crippen LogP contribution in [0.25, 0.3) is 11.1 Å². The van der Waals surface area contributed by atoms with Crippen molar-refractivity contribution in [3.05, 3.63) is 89.0 Å². The Bertz CT molecular complexity index is 1040. The molecule has 0 unspecified atom stereocenters. The Balaban J connectivity index is 1.47. The molecule has 1 aliphatic carbocycles. The van der Waals surface area contributed by atoms with E-state index >= 15 is 0 Å². The molecule has 168 valence electrons. The summed E-state index contributed by atoms with van der Waals surface area (Å²) < 4.78 is 61.1. The molecule has 1 saturated carbocycles. The molecule has 1 fully saturated rings. The van der Waals surface area contributed by atoms with Gasteiger partial charge in [-0.1, -0.05) is 56.2 Å².